The number of carbonyl (C=O) groups is 1. The number of nitrogens with one attached hydrogen (secondary N) is 1. The number of aryl methyl sites for hydroxylation is 2. The van der Waals surface area contributed by atoms with E-state index in [1.165, 1.54) is 0 Å². The van der Waals surface area contributed by atoms with Crippen molar-refractivity contribution in [3.63, 3.8) is 0 Å². The lowest BCUT2D eigenvalue weighted by Gasteiger charge is -2.24. The minimum atomic E-state index is -0.138. The van der Waals surface area contributed by atoms with Gasteiger partial charge in [-0.15, -0.1) is 15.3 Å². The molecule has 9 nitrogen and oxygen atoms in total. The van der Waals surface area contributed by atoms with Gasteiger partial charge in [0, 0.05) is 28.5 Å². The minimum Gasteiger partial charge on any atom is -0.489 e. The van der Waals surface area contributed by atoms with Crippen LogP contribution in [-0.2, 0) is 11.4 Å². The summed E-state index contributed by atoms with van der Waals surface area (Å²) in [6.45, 7) is 4.16. The monoisotopic (exact) mass is 499 g/mol. The van der Waals surface area contributed by atoms with Gasteiger partial charge in [0.2, 0.25) is 5.91 Å². The summed E-state index contributed by atoms with van der Waals surface area (Å²) in [7, 11) is 0. The van der Waals surface area contributed by atoms with Gasteiger partial charge in [0.1, 0.15) is 18.2 Å². The lowest BCUT2D eigenvalue weighted by molar-refractivity contribution is -0.116. The summed E-state index contributed by atoms with van der Waals surface area (Å²) < 4.78 is 9.26. The second-order valence-electron chi connectivity index (χ2n) is 8.72. The van der Waals surface area contributed by atoms with Crippen molar-refractivity contribution in [3.05, 3.63) is 93.9 Å². The lowest BCUT2D eigenvalue weighted by atomic mass is 9.86. The summed E-state index contributed by atoms with van der Waals surface area (Å²) in [6, 6.07) is 19.1. The Morgan fingerprint density at radius 1 is 1.03 bits per heavy atom. The van der Waals surface area contributed by atoms with Crippen molar-refractivity contribution < 1.29 is 9.53 Å². The van der Waals surface area contributed by atoms with Crippen LogP contribution in [0.15, 0.2) is 60.7 Å². The molecule has 2 aromatic carbocycles. The maximum absolute atomic E-state index is 12.8. The lowest BCUT2D eigenvalue weighted by Crippen LogP contribution is -2.25. The second kappa shape index (κ2) is 8.76. The minimum absolute atomic E-state index is 0.0748. The molecule has 0 radical (unpaired) electrons. The van der Waals surface area contributed by atoms with Crippen LogP contribution >= 0.6 is 11.6 Å². The van der Waals surface area contributed by atoms with Crippen LogP contribution in [-0.4, -0.2) is 35.5 Å². The Morgan fingerprint density at radius 3 is 2.64 bits per heavy atom. The number of hydrogen-bond donors (Lipinski definition) is 1. The number of nitrogens with zero attached hydrogens (tertiary/aromatic N) is 6. The van der Waals surface area contributed by atoms with Crippen LogP contribution in [0, 0.1) is 13.8 Å². The van der Waals surface area contributed by atoms with E-state index in [2.05, 4.69) is 20.6 Å². The van der Waals surface area contributed by atoms with E-state index in [9.17, 15) is 4.79 Å². The smallest absolute Gasteiger partial charge is 0.226 e. The van der Waals surface area contributed by atoms with Crippen LogP contribution in [0.25, 0.3) is 11.5 Å². The molecule has 5 aromatic rings. The normalized spacial score (nSPS) is 15.1. The Hall–Kier alpha value is -4.24. The van der Waals surface area contributed by atoms with E-state index in [0.29, 0.717) is 41.2 Å². The molecule has 1 aliphatic rings. The van der Waals surface area contributed by atoms with E-state index < -0.39 is 0 Å². The van der Waals surface area contributed by atoms with Crippen LogP contribution < -0.4 is 10.1 Å². The zero-order valence-electron chi connectivity index (χ0n) is 19.6. The fourth-order valence-electron chi connectivity index (χ4n) is 4.57. The first-order valence-electron chi connectivity index (χ1n) is 11.5. The summed E-state index contributed by atoms with van der Waals surface area (Å²) in [5, 5.41) is 21.2. The predicted octanol–water partition coefficient (Wildman–Crippen LogP) is 4.63. The fourth-order valence-corrected chi connectivity index (χ4v) is 4.76. The molecule has 0 saturated carbocycles. The van der Waals surface area contributed by atoms with Crippen molar-refractivity contribution in [1.82, 2.24) is 29.6 Å². The number of amides is 1. The molecular formula is C26H22ClN7O2. The van der Waals surface area contributed by atoms with Gasteiger partial charge in [0.25, 0.3) is 0 Å². The van der Waals surface area contributed by atoms with Crippen LogP contribution in [0.4, 0.5) is 5.82 Å². The average molecular weight is 500 g/mol. The molecule has 0 unspecified atom stereocenters. The molecule has 4 heterocycles. The fraction of sp³-hybridized carbons (Fsp3) is 0.192. The van der Waals surface area contributed by atoms with Crippen LogP contribution in [0.1, 0.15) is 40.5 Å². The molecule has 3 aromatic heterocycles. The average Bonchev–Trinajstić information content (AvgIpc) is 3.42. The van der Waals surface area contributed by atoms with Gasteiger partial charge in [-0.2, -0.15) is 14.3 Å². The number of carbonyl (C=O) groups excluding carboxylic acids is 1. The number of halogens is 1. The molecule has 1 atom stereocenters. The van der Waals surface area contributed by atoms with Crippen molar-refractivity contribution in [2.24, 2.45) is 0 Å². The van der Waals surface area contributed by atoms with Gasteiger partial charge in [-0.05, 0) is 49.7 Å². The van der Waals surface area contributed by atoms with E-state index in [0.717, 1.165) is 28.1 Å². The van der Waals surface area contributed by atoms with Crippen molar-refractivity contribution in [2.75, 3.05) is 5.32 Å². The Kier molecular flexibility index (Phi) is 5.41. The van der Waals surface area contributed by atoms with Gasteiger partial charge in [-0.3, -0.25) is 4.79 Å². The van der Waals surface area contributed by atoms with Gasteiger partial charge in [0.15, 0.2) is 17.3 Å². The number of ether oxygens (including phenoxy) is 1. The Labute approximate surface area is 211 Å². The van der Waals surface area contributed by atoms with E-state index in [4.69, 9.17) is 21.4 Å². The van der Waals surface area contributed by atoms with Gasteiger partial charge in [-0.25, -0.2) is 0 Å². The van der Waals surface area contributed by atoms with E-state index in [1.54, 1.807) is 9.20 Å². The molecule has 1 aliphatic heterocycles. The largest absolute Gasteiger partial charge is 0.489 e. The third kappa shape index (κ3) is 3.87. The molecule has 36 heavy (non-hydrogen) atoms. The van der Waals surface area contributed by atoms with Crippen LogP contribution in [0.5, 0.6) is 5.75 Å². The summed E-state index contributed by atoms with van der Waals surface area (Å²) in [5.41, 5.74) is 4.39. The molecule has 0 aliphatic carbocycles. The first-order valence-corrected chi connectivity index (χ1v) is 11.9. The molecule has 1 amide bonds. The van der Waals surface area contributed by atoms with Crippen LogP contribution in [0.3, 0.4) is 0 Å². The van der Waals surface area contributed by atoms with E-state index in [1.807, 2.05) is 74.5 Å². The highest BCUT2D eigenvalue weighted by atomic mass is 35.5. The van der Waals surface area contributed by atoms with Gasteiger partial charge in [-0.1, -0.05) is 41.9 Å². The van der Waals surface area contributed by atoms with Gasteiger partial charge >= 0.3 is 0 Å². The molecule has 10 heteroatoms. The molecule has 0 fully saturated rings. The first kappa shape index (κ1) is 22.2. The molecule has 0 spiro atoms. The van der Waals surface area contributed by atoms with Crippen molar-refractivity contribution in [2.45, 2.75) is 32.8 Å². The summed E-state index contributed by atoms with van der Waals surface area (Å²) in [5.74, 6) is 2.39. The molecular weight excluding hydrogens is 478 g/mol. The molecule has 0 bridgehead atoms. The zero-order valence-corrected chi connectivity index (χ0v) is 20.4. The van der Waals surface area contributed by atoms with Crippen molar-refractivity contribution >= 4 is 29.0 Å². The number of hydrogen-bond acceptors (Lipinski definition) is 6. The standard InChI is InChI=1S/C26H22ClN7O2/c1-15-25-20(17-7-9-19(10-8-17)36-14-18-5-3-4-6-21(18)27)13-24(35)28-26(25)34(31-15)23-12-11-22-30-29-16(2)33(22)32-23/h3-12,20H,13-14H2,1-2H3,(H,28,35)/t20-/m1/s1. The molecule has 1 N–H and O–H groups in total. The summed E-state index contributed by atoms with van der Waals surface area (Å²) in [6.07, 6.45) is 0.330. The maximum atomic E-state index is 12.8. The highest BCUT2D eigenvalue weighted by Gasteiger charge is 2.33. The third-order valence-electron chi connectivity index (χ3n) is 6.36. The molecule has 180 valence electrons. The Balaban J connectivity index is 1.31. The van der Waals surface area contributed by atoms with Crippen molar-refractivity contribution in [3.8, 4) is 11.6 Å². The number of fused-ring (bicyclic) bond motifs is 2. The number of benzene rings is 2. The van der Waals surface area contributed by atoms with Gasteiger partial charge < -0.3 is 10.1 Å². The van der Waals surface area contributed by atoms with E-state index >= 15 is 0 Å². The third-order valence-corrected chi connectivity index (χ3v) is 6.73. The maximum Gasteiger partial charge on any atom is 0.226 e. The van der Waals surface area contributed by atoms with Gasteiger partial charge in [0.05, 0.1) is 5.69 Å². The topological polar surface area (TPSA) is 99.2 Å². The van der Waals surface area contributed by atoms with E-state index in [-0.39, 0.29) is 11.8 Å². The Morgan fingerprint density at radius 2 is 1.83 bits per heavy atom. The number of anilines is 1. The number of rotatable bonds is 5. The summed E-state index contributed by atoms with van der Waals surface area (Å²) in [4.78, 5) is 12.8. The highest BCUT2D eigenvalue weighted by Crippen LogP contribution is 2.40. The highest BCUT2D eigenvalue weighted by molar-refractivity contribution is 6.31. The SMILES string of the molecule is Cc1nn(-c2ccc3nnc(C)n3n2)c2c1[C@@H](c1ccc(OCc3ccccc3Cl)cc1)CC(=O)N2. The first-order chi connectivity index (χ1) is 17.5. The van der Waals surface area contributed by atoms with Crippen LogP contribution in [0.2, 0.25) is 5.02 Å². The zero-order chi connectivity index (χ0) is 24.8. The molecule has 6 rings (SSSR count). The Bertz CT molecular complexity index is 1610. The predicted molar refractivity (Wildman–Crippen MR) is 135 cm³/mol. The second-order valence-corrected chi connectivity index (χ2v) is 9.13. The molecule has 0 saturated heterocycles. The number of aromatic nitrogens is 6. The summed E-state index contributed by atoms with van der Waals surface area (Å²) >= 11 is 6.23. The quantitative estimate of drug-likeness (QED) is 0.378. The van der Waals surface area contributed by atoms with Crippen molar-refractivity contribution in [1.29, 1.82) is 0 Å².